The summed E-state index contributed by atoms with van der Waals surface area (Å²) in [6.45, 7) is 6.08. The van der Waals surface area contributed by atoms with Gasteiger partial charge in [-0.25, -0.2) is 0 Å². The fraction of sp³-hybridized carbons (Fsp3) is 0.500. The number of nitrogens with one attached hydrogen (secondary N) is 2. The summed E-state index contributed by atoms with van der Waals surface area (Å²) in [6, 6.07) is 5.28. The molecule has 6 nitrogen and oxygen atoms in total. The number of carbonyl (C=O) groups excluding carboxylic acids is 2. The van der Waals surface area contributed by atoms with Crippen molar-refractivity contribution in [2.24, 2.45) is 5.92 Å². The Labute approximate surface area is 155 Å². The van der Waals surface area contributed by atoms with Crippen LogP contribution in [0.4, 0.5) is 0 Å². The van der Waals surface area contributed by atoms with E-state index in [-0.39, 0.29) is 11.8 Å². The number of allylic oxidation sites excluding steroid dienone is 2. The van der Waals surface area contributed by atoms with Crippen molar-refractivity contribution in [2.45, 2.75) is 53.0 Å². The second kappa shape index (κ2) is 12.0. The fourth-order valence-corrected chi connectivity index (χ4v) is 2.24. The van der Waals surface area contributed by atoms with Gasteiger partial charge in [-0.3, -0.25) is 9.59 Å². The van der Waals surface area contributed by atoms with Gasteiger partial charge in [-0.15, -0.1) is 0 Å². The molecule has 2 N–H and O–H groups in total. The number of benzene rings is 1. The van der Waals surface area contributed by atoms with Crippen LogP contribution in [0, 0.1) is 5.92 Å². The molecule has 1 aromatic rings. The average Bonchev–Trinajstić information content (AvgIpc) is 2.60. The van der Waals surface area contributed by atoms with E-state index in [9.17, 15) is 9.59 Å². The van der Waals surface area contributed by atoms with Crippen molar-refractivity contribution in [3.63, 3.8) is 0 Å². The molecule has 0 fully saturated rings. The molecule has 0 saturated carbocycles. The first-order valence-corrected chi connectivity index (χ1v) is 8.96. The lowest BCUT2D eigenvalue weighted by Gasteiger charge is -2.12. The molecule has 0 spiro atoms. The van der Waals surface area contributed by atoms with E-state index in [1.54, 1.807) is 12.1 Å². The quantitative estimate of drug-likeness (QED) is 0.359. The summed E-state index contributed by atoms with van der Waals surface area (Å²) < 4.78 is 5.25. The largest absolute Gasteiger partial charge is 0.493 e. The van der Waals surface area contributed by atoms with Crippen LogP contribution in [0.25, 0.3) is 0 Å². The third-order valence-corrected chi connectivity index (χ3v) is 3.57. The smallest absolute Gasteiger partial charge is 0.249 e. The zero-order chi connectivity index (χ0) is 19.4. The number of amides is 2. The summed E-state index contributed by atoms with van der Waals surface area (Å²) in [5.41, 5.74) is 3.15. The molecule has 0 aliphatic heterocycles. The van der Waals surface area contributed by atoms with Gasteiger partial charge in [0.2, 0.25) is 11.8 Å². The van der Waals surface area contributed by atoms with Crippen molar-refractivity contribution in [1.82, 2.24) is 10.8 Å². The molecule has 144 valence electrons. The summed E-state index contributed by atoms with van der Waals surface area (Å²) in [7, 11) is 1.52. The maximum atomic E-state index is 11.9. The maximum Gasteiger partial charge on any atom is 0.249 e. The Kier molecular flexibility index (Phi) is 9.90. The lowest BCUT2D eigenvalue weighted by atomic mass is 10.1. The predicted molar refractivity (Wildman–Crippen MR) is 102 cm³/mol. The number of hydrogen-bond acceptors (Lipinski definition) is 4. The molecule has 0 heterocycles. The molecular formula is C20H30N2O4. The van der Waals surface area contributed by atoms with E-state index in [2.05, 4.69) is 36.8 Å². The fourth-order valence-electron chi connectivity index (χ4n) is 2.24. The molecule has 6 heteroatoms. The highest BCUT2D eigenvalue weighted by atomic mass is 16.7. The second-order valence-corrected chi connectivity index (χ2v) is 6.44. The number of methoxy groups -OCH3 is 1. The van der Waals surface area contributed by atoms with Crippen LogP contribution in [0.1, 0.15) is 52.0 Å². The molecule has 1 aromatic carbocycles. The number of unbranched alkanes of at least 4 members (excludes halogenated alkanes) is 2. The van der Waals surface area contributed by atoms with E-state index in [1.165, 1.54) is 14.0 Å². The molecule has 0 atom stereocenters. The van der Waals surface area contributed by atoms with E-state index in [4.69, 9.17) is 9.57 Å². The van der Waals surface area contributed by atoms with E-state index >= 15 is 0 Å². The molecule has 0 radical (unpaired) electrons. The van der Waals surface area contributed by atoms with Crippen molar-refractivity contribution in [3.05, 3.63) is 35.9 Å². The number of hydrogen-bond donors (Lipinski definition) is 2. The van der Waals surface area contributed by atoms with Crippen LogP contribution in [-0.2, 0) is 16.1 Å². The molecule has 0 aliphatic carbocycles. The number of rotatable bonds is 11. The third-order valence-electron chi connectivity index (χ3n) is 3.57. The second-order valence-electron chi connectivity index (χ2n) is 6.44. The Morgan fingerprint density at radius 3 is 2.62 bits per heavy atom. The zero-order valence-corrected chi connectivity index (χ0v) is 16.1. The molecule has 0 saturated heterocycles. The van der Waals surface area contributed by atoms with Gasteiger partial charge in [0, 0.05) is 19.9 Å². The summed E-state index contributed by atoms with van der Waals surface area (Å²) in [5.74, 6) is 1.21. The van der Waals surface area contributed by atoms with Crippen molar-refractivity contribution in [2.75, 3.05) is 7.11 Å². The van der Waals surface area contributed by atoms with Crippen molar-refractivity contribution < 1.29 is 19.2 Å². The highest BCUT2D eigenvalue weighted by Crippen LogP contribution is 2.27. The van der Waals surface area contributed by atoms with Crippen LogP contribution >= 0.6 is 0 Å². The Morgan fingerprint density at radius 1 is 1.19 bits per heavy atom. The van der Waals surface area contributed by atoms with Gasteiger partial charge >= 0.3 is 0 Å². The standard InChI is InChI=1S/C20H30N2O4/c1-15(2)9-7-5-6-8-10-20(24)21-14-17-11-12-18(19(13-17)25-4)26-22-16(3)23/h7,9,11-13,15H,5-6,8,10,14H2,1-4H3,(H,21,24)(H,22,23)/b9-7+. The first kappa shape index (κ1) is 21.5. The Bertz CT molecular complexity index is 612. The summed E-state index contributed by atoms with van der Waals surface area (Å²) in [4.78, 5) is 28.0. The molecule has 0 aromatic heterocycles. The maximum absolute atomic E-state index is 11.9. The molecule has 1 rings (SSSR count). The molecule has 26 heavy (non-hydrogen) atoms. The van der Waals surface area contributed by atoms with Gasteiger partial charge in [-0.05, 0) is 42.9 Å². The van der Waals surface area contributed by atoms with Crippen LogP contribution in [0.3, 0.4) is 0 Å². The van der Waals surface area contributed by atoms with Gasteiger partial charge in [0.25, 0.3) is 0 Å². The Morgan fingerprint density at radius 2 is 1.96 bits per heavy atom. The number of ether oxygens (including phenoxy) is 1. The minimum Gasteiger partial charge on any atom is -0.493 e. The zero-order valence-electron chi connectivity index (χ0n) is 16.1. The lowest BCUT2D eigenvalue weighted by molar-refractivity contribution is -0.125. The highest BCUT2D eigenvalue weighted by Gasteiger charge is 2.08. The van der Waals surface area contributed by atoms with E-state index in [0.29, 0.717) is 30.4 Å². The van der Waals surface area contributed by atoms with E-state index < -0.39 is 0 Å². The molecule has 2 amide bonds. The van der Waals surface area contributed by atoms with Gasteiger partial charge in [-0.1, -0.05) is 32.1 Å². The third kappa shape index (κ3) is 9.11. The normalized spacial score (nSPS) is 10.8. The topological polar surface area (TPSA) is 76.7 Å². The van der Waals surface area contributed by atoms with Crippen LogP contribution in [0.2, 0.25) is 0 Å². The van der Waals surface area contributed by atoms with Crippen LogP contribution in [0.5, 0.6) is 11.5 Å². The predicted octanol–water partition coefficient (Wildman–Crippen LogP) is 3.51. The number of carbonyl (C=O) groups is 2. The van der Waals surface area contributed by atoms with Gasteiger partial charge < -0.3 is 14.9 Å². The molecule has 0 bridgehead atoms. The van der Waals surface area contributed by atoms with Crippen LogP contribution in [0.15, 0.2) is 30.4 Å². The van der Waals surface area contributed by atoms with Gasteiger partial charge in [-0.2, -0.15) is 5.48 Å². The Balaban J connectivity index is 2.37. The number of hydroxylamine groups is 1. The molecule has 0 unspecified atom stereocenters. The minimum atomic E-state index is -0.303. The summed E-state index contributed by atoms with van der Waals surface area (Å²) in [5, 5.41) is 2.91. The SMILES string of the molecule is COc1cc(CNC(=O)CCCC/C=C/C(C)C)ccc1ONC(C)=O. The first-order valence-electron chi connectivity index (χ1n) is 8.96. The monoisotopic (exact) mass is 362 g/mol. The molecule has 0 aliphatic rings. The minimum absolute atomic E-state index is 0.0374. The van der Waals surface area contributed by atoms with Gasteiger partial charge in [0.05, 0.1) is 7.11 Å². The average molecular weight is 362 g/mol. The van der Waals surface area contributed by atoms with Crippen LogP contribution in [-0.4, -0.2) is 18.9 Å². The van der Waals surface area contributed by atoms with Crippen molar-refractivity contribution in [3.8, 4) is 11.5 Å². The highest BCUT2D eigenvalue weighted by molar-refractivity contribution is 5.75. The van der Waals surface area contributed by atoms with Gasteiger partial charge in [0.1, 0.15) is 0 Å². The molecular weight excluding hydrogens is 332 g/mol. The van der Waals surface area contributed by atoms with E-state index in [0.717, 1.165) is 24.8 Å². The van der Waals surface area contributed by atoms with Gasteiger partial charge in [0.15, 0.2) is 11.5 Å². The summed E-state index contributed by atoms with van der Waals surface area (Å²) >= 11 is 0. The van der Waals surface area contributed by atoms with Crippen molar-refractivity contribution in [1.29, 1.82) is 0 Å². The lowest BCUT2D eigenvalue weighted by Crippen LogP contribution is -2.24. The van der Waals surface area contributed by atoms with E-state index in [1.807, 2.05) is 6.07 Å². The first-order chi connectivity index (χ1) is 12.4. The van der Waals surface area contributed by atoms with Crippen molar-refractivity contribution >= 4 is 11.8 Å². The summed E-state index contributed by atoms with van der Waals surface area (Å²) in [6.07, 6.45) is 7.79. The Hall–Kier alpha value is -2.50. The van der Waals surface area contributed by atoms with Crippen LogP contribution < -0.4 is 20.4 Å².